The van der Waals surface area contributed by atoms with Crippen LogP contribution >= 0.6 is 0 Å². The van der Waals surface area contributed by atoms with Crippen LogP contribution in [0.4, 0.5) is 0 Å². The van der Waals surface area contributed by atoms with Gasteiger partial charge in [-0.3, -0.25) is 9.59 Å². The zero-order valence-corrected chi connectivity index (χ0v) is 15.7. The highest BCUT2D eigenvalue weighted by molar-refractivity contribution is 5.97. The normalized spacial score (nSPS) is 16.2. The number of ether oxygens (including phenoxy) is 2. The summed E-state index contributed by atoms with van der Waals surface area (Å²) in [6.45, 7) is 1.39. The summed E-state index contributed by atoms with van der Waals surface area (Å²) in [5.41, 5.74) is 2.87. The minimum absolute atomic E-state index is 0.00190. The maximum Gasteiger partial charge on any atom is 0.253 e. The molecule has 2 N–H and O–H groups in total. The van der Waals surface area contributed by atoms with E-state index in [1.54, 1.807) is 30.6 Å². The Hall–Kier alpha value is -3.55. The second-order valence-electron chi connectivity index (χ2n) is 7.24. The second kappa shape index (κ2) is 7.12. The number of rotatable bonds is 3. The molecule has 2 aliphatic heterocycles. The zero-order chi connectivity index (χ0) is 19.8. The quantitative estimate of drug-likeness (QED) is 0.713. The average molecular weight is 392 g/mol. The molecule has 1 aromatic heterocycles. The monoisotopic (exact) mass is 392 g/mol. The molecular weight excluding hydrogens is 372 g/mol. The van der Waals surface area contributed by atoms with Gasteiger partial charge in [-0.15, -0.1) is 0 Å². The van der Waals surface area contributed by atoms with Gasteiger partial charge in [0.25, 0.3) is 11.8 Å². The number of benzene rings is 2. The Morgan fingerprint density at radius 2 is 1.83 bits per heavy atom. The minimum atomic E-state index is -0.141. The number of nitrogens with zero attached hydrogens (tertiary/aromatic N) is 2. The van der Waals surface area contributed by atoms with Gasteiger partial charge in [-0.25, -0.2) is 4.98 Å². The predicted molar refractivity (Wildman–Crippen MR) is 105 cm³/mol. The zero-order valence-electron chi connectivity index (χ0n) is 15.7. The first-order chi connectivity index (χ1) is 14.2. The number of carbonyl (C=O) groups excluding carboxylic acids is 2. The molecular formula is C21H20N4O4. The molecule has 0 atom stereocenters. The van der Waals surface area contributed by atoms with Crippen LogP contribution in [0.5, 0.6) is 11.5 Å². The summed E-state index contributed by atoms with van der Waals surface area (Å²) < 4.78 is 10.6. The molecule has 0 spiro atoms. The first kappa shape index (κ1) is 17.5. The van der Waals surface area contributed by atoms with E-state index >= 15 is 0 Å². The average Bonchev–Trinajstić information content (AvgIpc) is 3.41. The molecule has 8 heteroatoms. The Morgan fingerprint density at radius 3 is 2.69 bits per heavy atom. The van der Waals surface area contributed by atoms with Crippen LogP contribution in [0, 0.1) is 0 Å². The lowest BCUT2D eigenvalue weighted by Crippen LogP contribution is -2.46. The van der Waals surface area contributed by atoms with Crippen molar-refractivity contribution in [3.8, 4) is 11.5 Å². The molecule has 1 fully saturated rings. The Morgan fingerprint density at radius 1 is 1.03 bits per heavy atom. The number of imidazole rings is 1. The number of hydrogen-bond acceptors (Lipinski definition) is 5. The van der Waals surface area contributed by atoms with Gasteiger partial charge < -0.3 is 24.7 Å². The maximum absolute atomic E-state index is 12.8. The highest BCUT2D eigenvalue weighted by Crippen LogP contribution is 2.32. The topological polar surface area (TPSA) is 96.6 Å². The second-order valence-corrected chi connectivity index (χ2v) is 7.24. The molecule has 0 bridgehead atoms. The van der Waals surface area contributed by atoms with Crippen molar-refractivity contribution in [2.24, 2.45) is 0 Å². The minimum Gasteiger partial charge on any atom is -0.454 e. The van der Waals surface area contributed by atoms with E-state index in [0.717, 1.165) is 11.0 Å². The maximum atomic E-state index is 12.8. The number of piperidine rings is 1. The molecule has 148 valence electrons. The molecule has 29 heavy (non-hydrogen) atoms. The van der Waals surface area contributed by atoms with E-state index in [9.17, 15) is 9.59 Å². The Labute approximate surface area is 166 Å². The molecule has 0 unspecified atom stereocenters. The highest BCUT2D eigenvalue weighted by atomic mass is 16.7. The van der Waals surface area contributed by atoms with Crippen LogP contribution in [0.1, 0.15) is 33.6 Å². The number of likely N-dealkylation sites (tertiary alicyclic amines) is 1. The Balaban J connectivity index is 1.19. The van der Waals surface area contributed by atoms with Crippen LogP contribution in [0.15, 0.2) is 42.7 Å². The molecule has 2 aliphatic rings. The van der Waals surface area contributed by atoms with E-state index in [0.29, 0.717) is 48.6 Å². The third kappa shape index (κ3) is 3.37. The number of amides is 2. The molecule has 3 heterocycles. The largest absolute Gasteiger partial charge is 0.454 e. The number of carbonyl (C=O) groups is 2. The van der Waals surface area contributed by atoms with E-state index in [1.165, 1.54) is 0 Å². The number of aromatic amines is 1. The van der Waals surface area contributed by atoms with Crippen molar-refractivity contribution in [2.75, 3.05) is 19.9 Å². The Bertz CT molecular complexity index is 1090. The van der Waals surface area contributed by atoms with Crippen LogP contribution in [0.3, 0.4) is 0 Å². The first-order valence-corrected chi connectivity index (χ1v) is 9.60. The molecule has 0 saturated carbocycles. The van der Waals surface area contributed by atoms with Crippen molar-refractivity contribution in [2.45, 2.75) is 18.9 Å². The number of nitrogens with one attached hydrogen (secondary N) is 2. The van der Waals surface area contributed by atoms with Crippen molar-refractivity contribution in [3.63, 3.8) is 0 Å². The molecule has 0 radical (unpaired) electrons. The third-order valence-corrected chi connectivity index (χ3v) is 5.42. The molecule has 3 aromatic rings. The fraction of sp³-hybridized carbons (Fsp3) is 0.286. The smallest absolute Gasteiger partial charge is 0.253 e. The van der Waals surface area contributed by atoms with Crippen molar-refractivity contribution in [1.29, 1.82) is 0 Å². The lowest BCUT2D eigenvalue weighted by Gasteiger charge is -2.32. The van der Waals surface area contributed by atoms with Gasteiger partial charge in [-0.05, 0) is 49.2 Å². The van der Waals surface area contributed by atoms with Crippen molar-refractivity contribution in [1.82, 2.24) is 20.2 Å². The summed E-state index contributed by atoms with van der Waals surface area (Å²) in [4.78, 5) is 34.4. The van der Waals surface area contributed by atoms with Crippen LogP contribution in [-0.4, -0.2) is 52.6 Å². The van der Waals surface area contributed by atoms with E-state index < -0.39 is 0 Å². The molecule has 2 amide bonds. The summed E-state index contributed by atoms with van der Waals surface area (Å²) in [6, 6.07) is 10.7. The van der Waals surface area contributed by atoms with E-state index in [1.807, 2.05) is 17.0 Å². The number of fused-ring (bicyclic) bond motifs is 2. The van der Waals surface area contributed by atoms with Crippen molar-refractivity contribution in [3.05, 3.63) is 53.9 Å². The standard InChI is InChI=1S/C21H20N4O4/c26-20(13-2-4-18-19(10-13)29-12-28-18)24-15-5-7-25(8-6-15)21(27)14-1-3-16-17(9-14)23-11-22-16/h1-4,9-11,15H,5-8,12H2,(H,22,23)(H,24,26). The van der Waals surface area contributed by atoms with Gasteiger partial charge in [0.15, 0.2) is 11.5 Å². The number of H-pyrrole nitrogens is 1. The van der Waals surface area contributed by atoms with Gasteiger partial charge in [0.05, 0.1) is 17.4 Å². The predicted octanol–water partition coefficient (Wildman–Crippen LogP) is 2.33. The summed E-state index contributed by atoms with van der Waals surface area (Å²) in [5, 5.41) is 3.06. The van der Waals surface area contributed by atoms with Crippen molar-refractivity contribution >= 4 is 22.8 Å². The fourth-order valence-corrected chi connectivity index (χ4v) is 3.78. The lowest BCUT2D eigenvalue weighted by atomic mass is 10.0. The Kier molecular flexibility index (Phi) is 4.31. The summed E-state index contributed by atoms with van der Waals surface area (Å²) >= 11 is 0. The van der Waals surface area contributed by atoms with Crippen molar-refractivity contribution < 1.29 is 19.1 Å². The lowest BCUT2D eigenvalue weighted by molar-refractivity contribution is 0.0698. The van der Waals surface area contributed by atoms with Gasteiger partial charge in [-0.2, -0.15) is 0 Å². The number of hydrogen-bond donors (Lipinski definition) is 2. The van der Waals surface area contributed by atoms with Gasteiger partial charge in [0.1, 0.15) is 0 Å². The fourth-order valence-electron chi connectivity index (χ4n) is 3.78. The van der Waals surface area contributed by atoms with E-state index in [-0.39, 0.29) is 24.6 Å². The molecule has 8 nitrogen and oxygen atoms in total. The van der Waals surface area contributed by atoms with Gasteiger partial charge in [0.2, 0.25) is 6.79 Å². The first-order valence-electron chi connectivity index (χ1n) is 9.60. The SMILES string of the molecule is O=C(NC1CCN(C(=O)c2ccc3nc[nH]c3c2)CC1)c1ccc2c(c1)OCO2. The summed E-state index contributed by atoms with van der Waals surface area (Å²) in [7, 11) is 0. The summed E-state index contributed by atoms with van der Waals surface area (Å²) in [6.07, 6.45) is 3.05. The molecule has 5 rings (SSSR count). The van der Waals surface area contributed by atoms with Crippen LogP contribution in [0.25, 0.3) is 11.0 Å². The third-order valence-electron chi connectivity index (χ3n) is 5.42. The molecule has 0 aliphatic carbocycles. The van der Waals surface area contributed by atoms with E-state index in [2.05, 4.69) is 15.3 Å². The molecule has 2 aromatic carbocycles. The number of aromatic nitrogens is 2. The van der Waals surface area contributed by atoms with Gasteiger partial charge in [0, 0.05) is 30.3 Å². The van der Waals surface area contributed by atoms with Gasteiger partial charge >= 0.3 is 0 Å². The van der Waals surface area contributed by atoms with Crippen LogP contribution < -0.4 is 14.8 Å². The summed E-state index contributed by atoms with van der Waals surface area (Å²) in [5.74, 6) is 1.11. The van der Waals surface area contributed by atoms with Gasteiger partial charge in [-0.1, -0.05) is 0 Å². The van der Waals surface area contributed by atoms with E-state index in [4.69, 9.17) is 9.47 Å². The van der Waals surface area contributed by atoms with Crippen LogP contribution in [-0.2, 0) is 0 Å². The van der Waals surface area contributed by atoms with Crippen LogP contribution in [0.2, 0.25) is 0 Å². The molecule has 1 saturated heterocycles. The highest BCUT2D eigenvalue weighted by Gasteiger charge is 2.25.